The lowest BCUT2D eigenvalue weighted by Crippen LogP contribution is -2.13. The molecule has 0 aliphatic heterocycles. The van der Waals surface area contributed by atoms with Gasteiger partial charge in [0.1, 0.15) is 0 Å². The highest BCUT2D eigenvalue weighted by atomic mass is 19.2. The number of rotatable bonds is 4. The molecule has 0 bridgehead atoms. The number of primary amides is 1. The van der Waals surface area contributed by atoms with Crippen LogP contribution in [-0.2, 0) is 6.54 Å². The Balaban J connectivity index is 2.14. The predicted molar refractivity (Wildman–Crippen MR) is 98.1 cm³/mol. The molecule has 0 radical (unpaired) electrons. The average molecular weight is 354 g/mol. The van der Waals surface area contributed by atoms with Crippen LogP contribution in [0.15, 0.2) is 42.5 Å². The predicted octanol–water partition coefficient (Wildman–Crippen LogP) is 4.51. The summed E-state index contributed by atoms with van der Waals surface area (Å²) in [4.78, 5) is 12.1. The first-order valence-corrected chi connectivity index (χ1v) is 8.30. The van der Waals surface area contributed by atoms with Gasteiger partial charge < -0.3 is 10.3 Å². The molecule has 0 unspecified atom stereocenters. The highest BCUT2D eigenvalue weighted by molar-refractivity contribution is 6.02. The van der Waals surface area contributed by atoms with Crippen LogP contribution in [-0.4, -0.2) is 10.5 Å². The van der Waals surface area contributed by atoms with Gasteiger partial charge >= 0.3 is 0 Å². The summed E-state index contributed by atoms with van der Waals surface area (Å²) < 4.78 is 28.6. The molecule has 1 heterocycles. The van der Waals surface area contributed by atoms with E-state index >= 15 is 0 Å². The number of hydrogen-bond acceptors (Lipinski definition) is 1. The Kier molecular flexibility index (Phi) is 4.64. The smallest absolute Gasteiger partial charge is 0.251 e. The summed E-state index contributed by atoms with van der Waals surface area (Å²) in [5.74, 6) is -2.28. The molecule has 3 rings (SSSR count). The zero-order valence-electron chi connectivity index (χ0n) is 14.9. The van der Waals surface area contributed by atoms with Crippen LogP contribution in [0, 0.1) is 32.4 Å². The van der Waals surface area contributed by atoms with E-state index in [9.17, 15) is 13.6 Å². The van der Waals surface area contributed by atoms with E-state index in [1.54, 1.807) is 0 Å². The first kappa shape index (κ1) is 17.9. The van der Waals surface area contributed by atoms with E-state index in [0.717, 1.165) is 28.5 Å². The maximum atomic E-state index is 13.5. The lowest BCUT2D eigenvalue weighted by molar-refractivity contribution is 0.1000. The summed E-state index contributed by atoms with van der Waals surface area (Å²) in [5.41, 5.74) is 11.0. The number of carbonyl (C=O) groups is 1. The standard InChI is InChI=1S/C21H20F2N2O/c1-12-4-7-16(8-5-12)19-13(2)25(14(3)20(19)21(24)26)11-15-6-9-17(22)18(23)10-15/h4-10H,11H2,1-3H3,(H2,24,26). The lowest BCUT2D eigenvalue weighted by atomic mass is 9.99. The summed E-state index contributed by atoms with van der Waals surface area (Å²) in [6, 6.07) is 11.7. The van der Waals surface area contributed by atoms with Crippen molar-refractivity contribution in [3.05, 3.63) is 82.2 Å². The molecule has 2 N–H and O–H groups in total. The largest absolute Gasteiger partial charge is 0.366 e. The fourth-order valence-electron chi connectivity index (χ4n) is 3.32. The Morgan fingerprint density at radius 3 is 2.19 bits per heavy atom. The zero-order chi connectivity index (χ0) is 19.0. The summed E-state index contributed by atoms with van der Waals surface area (Å²) in [7, 11) is 0. The van der Waals surface area contributed by atoms with Crippen molar-refractivity contribution in [3.63, 3.8) is 0 Å². The number of benzene rings is 2. The van der Waals surface area contributed by atoms with Crippen LogP contribution in [0.3, 0.4) is 0 Å². The molecular weight excluding hydrogens is 334 g/mol. The van der Waals surface area contributed by atoms with E-state index in [1.165, 1.54) is 12.1 Å². The minimum Gasteiger partial charge on any atom is -0.366 e. The Labute approximate surface area is 151 Å². The number of amides is 1. The number of nitrogens with two attached hydrogens (primary N) is 1. The van der Waals surface area contributed by atoms with Crippen molar-refractivity contribution in [2.24, 2.45) is 5.73 Å². The third kappa shape index (κ3) is 3.12. The van der Waals surface area contributed by atoms with E-state index in [2.05, 4.69) is 0 Å². The molecule has 5 heteroatoms. The van der Waals surface area contributed by atoms with E-state index in [1.807, 2.05) is 49.6 Å². The average Bonchev–Trinajstić information content (AvgIpc) is 2.83. The molecule has 2 aromatic carbocycles. The van der Waals surface area contributed by atoms with Crippen LogP contribution in [0.25, 0.3) is 11.1 Å². The molecule has 1 aromatic heterocycles. The van der Waals surface area contributed by atoms with Gasteiger partial charge in [-0.1, -0.05) is 35.9 Å². The van der Waals surface area contributed by atoms with Crippen molar-refractivity contribution in [2.45, 2.75) is 27.3 Å². The van der Waals surface area contributed by atoms with Crippen LogP contribution in [0.4, 0.5) is 8.78 Å². The quantitative estimate of drug-likeness (QED) is 0.736. The Bertz CT molecular complexity index is 988. The minimum atomic E-state index is -0.890. The van der Waals surface area contributed by atoms with Crippen LogP contribution in [0.1, 0.15) is 32.9 Å². The van der Waals surface area contributed by atoms with Crippen LogP contribution in [0.2, 0.25) is 0 Å². The Morgan fingerprint density at radius 2 is 1.62 bits per heavy atom. The fourth-order valence-corrected chi connectivity index (χ4v) is 3.32. The van der Waals surface area contributed by atoms with Gasteiger partial charge in [-0.15, -0.1) is 0 Å². The van der Waals surface area contributed by atoms with E-state index in [4.69, 9.17) is 5.73 Å². The minimum absolute atomic E-state index is 0.320. The van der Waals surface area contributed by atoms with E-state index in [0.29, 0.717) is 23.4 Å². The van der Waals surface area contributed by atoms with Gasteiger partial charge in [-0.05, 0) is 44.0 Å². The molecule has 1 amide bonds. The second-order valence-corrected chi connectivity index (χ2v) is 6.49. The number of nitrogens with zero attached hydrogens (tertiary/aromatic N) is 1. The van der Waals surface area contributed by atoms with Gasteiger partial charge in [-0.2, -0.15) is 0 Å². The van der Waals surface area contributed by atoms with Gasteiger partial charge in [0.05, 0.1) is 5.56 Å². The Hall–Kier alpha value is -2.95. The maximum absolute atomic E-state index is 13.5. The lowest BCUT2D eigenvalue weighted by Gasteiger charge is -2.10. The fraction of sp³-hybridized carbons (Fsp3) is 0.190. The molecule has 134 valence electrons. The molecule has 3 aromatic rings. The molecule has 0 fully saturated rings. The first-order chi connectivity index (χ1) is 12.3. The number of halogens is 2. The summed E-state index contributed by atoms with van der Waals surface area (Å²) in [6.07, 6.45) is 0. The van der Waals surface area contributed by atoms with Gasteiger partial charge in [0.2, 0.25) is 0 Å². The Morgan fingerprint density at radius 1 is 0.962 bits per heavy atom. The monoisotopic (exact) mass is 354 g/mol. The van der Waals surface area contributed by atoms with Gasteiger partial charge in [-0.25, -0.2) is 8.78 Å². The number of aryl methyl sites for hydroxylation is 1. The van der Waals surface area contributed by atoms with Crippen LogP contribution >= 0.6 is 0 Å². The van der Waals surface area contributed by atoms with Gasteiger partial charge in [0.25, 0.3) is 5.91 Å². The number of aromatic nitrogens is 1. The summed E-state index contributed by atoms with van der Waals surface area (Å²) in [5, 5.41) is 0. The van der Waals surface area contributed by atoms with Crippen molar-refractivity contribution in [1.29, 1.82) is 0 Å². The van der Waals surface area contributed by atoms with Crippen LogP contribution < -0.4 is 5.73 Å². The summed E-state index contributed by atoms with van der Waals surface area (Å²) >= 11 is 0. The van der Waals surface area contributed by atoms with Gasteiger partial charge in [0, 0.05) is 23.5 Å². The second-order valence-electron chi connectivity index (χ2n) is 6.49. The molecule has 0 atom stereocenters. The third-order valence-corrected chi connectivity index (χ3v) is 4.69. The molecule has 0 aliphatic carbocycles. The van der Waals surface area contributed by atoms with Crippen molar-refractivity contribution in [2.75, 3.05) is 0 Å². The molecule has 0 saturated heterocycles. The number of hydrogen-bond donors (Lipinski definition) is 1. The molecule has 0 saturated carbocycles. The van der Waals surface area contributed by atoms with Gasteiger partial charge in [0.15, 0.2) is 11.6 Å². The second kappa shape index (κ2) is 6.75. The molecule has 26 heavy (non-hydrogen) atoms. The number of carbonyl (C=O) groups excluding carboxylic acids is 1. The first-order valence-electron chi connectivity index (χ1n) is 8.30. The molecule has 0 spiro atoms. The molecule has 0 aliphatic rings. The van der Waals surface area contributed by atoms with Crippen molar-refractivity contribution < 1.29 is 13.6 Å². The topological polar surface area (TPSA) is 48.0 Å². The van der Waals surface area contributed by atoms with Crippen LogP contribution in [0.5, 0.6) is 0 Å². The van der Waals surface area contributed by atoms with Gasteiger partial charge in [-0.3, -0.25) is 4.79 Å². The van der Waals surface area contributed by atoms with Crippen molar-refractivity contribution in [1.82, 2.24) is 4.57 Å². The molecular formula is C21H20F2N2O. The van der Waals surface area contributed by atoms with E-state index < -0.39 is 17.5 Å². The maximum Gasteiger partial charge on any atom is 0.251 e. The van der Waals surface area contributed by atoms with Crippen molar-refractivity contribution >= 4 is 5.91 Å². The highest BCUT2D eigenvalue weighted by Gasteiger charge is 2.22. The van der Waals surface area contributed by atoms with E-state index in [-0.39, 0.29) is 0 Å². The normalized spacial score (nSPS) is 11.0. The third-order valence-electron chi connectivity index (χ3n) is 4.69. The molecule has 3 nitrogen and oxygen atoms in total. The highest BCUT2D eigenvalue weighted by Crippen LogP contribution is 2.33. The zero-order valence-corrected chi connectivity index (χ0v) is 14.9. The SMILES string of the molecule is Cc1ccc(-c2c(C(N)=O)c(C)n(Cc3ccc(F)c(F)c3)c2C)cc1. The van der Waals surface area contributed by atoms with Crippen molar-refractivity contribution in [3.8, 4) is 11.1 Å². The summed E-state index contributed by atoms with van der Waals surface area (Å²) in [6.45, 7) is 6.02.